The molecule has 0 aliphatic carbocycles. The van der Waals surface area contributed by atoms with Gasteiger partial charge in [0.15, 0.2) is 5.96 Å². The zero-order valence-electron chi connectivity index (χ0n) is 13.3. The Morgan fingerprint density at radius 2 is 2.05 bits per heavy atom. The Balaban J connectivity index is 0.00000242. The third kappa shape index (κ3) is 4.99. The molecule has 0 bridgehead atoms. The van der Waals surface area contributed by atoms with Crippen LogP contribution in [0.15, 0.2) is 4.99 Å². The molecule has 0 aromatic heterocycles. The first-order valence-corrected chi connectivity index (χ1v) is 7.73. The van der Waals surface area contributed by atoms with Crippen molar-refractivity contribution in [2.45, 2.75) is 26.7 Å². The number of halogens is 1. The predicted molar refractivity (Wildman–Crippen MR) is 96.5 cm³/mol. The van der Waals surface area contributed by atoms with Gasteiger partial charge in [-0.05, 0) is 25.7 Å². The summed E-state index contributed by atoms with van der Waals surface area (Å²) in [6, 6.07) is -0.313. The fraction of sp³-hybridized carbons (Fsp3) is 0.786. The molecule has 2 N–H and O–H groups in total. The SMILES string of the molecule is CCNC(=NCCN1C(=O)CNC1=O)N1CCC(C)CC1.I. The van der Waals surface area contributed by atoms with E-state index in [0.29, 0.717) is 13.1 Å². The lowest BCUT2D eigenvalue weighted by Crippen LogP contribution is -2.45. The molecule has 7 nitrogen and oxygen atoms in total. The molecule has 2 heterocycles. The highest BCUT2D eigenvalue weighted by Crippen LogP contribution is 2.15. The molecule has 0 saturated carbocycles. The lowest BCUT2D eigenvalue weighted by molar-refractivity contribution is -0.124. The van der Waals surface area contributed by atoms with Gasteiger partial charge in [-0.1, -0.05) is 6.92 Å². The zero-order chi connectivity index (χ0) is 15.2. The molecule has 0 atom stereocenters. The first kappa shape index (κ1) is 19.0. The number of aliphatic imine (C=N–C) groups is 1. The topological polar surface area (TPSA) is 77.0 Å². The average Bonchev–Trinajstić information content (AvgIpc) is 2.79. The van der Waals surface area contributed by atoms with Crippen LogP contribution in [0.2, 0.25) is 0 Å². The highest BCUT2D eigenvalue weighted by Gasteiger charge is 2.27. The number of nitrogens with one attached hydrogen (secondary N) is 2. The van der Waals surface area contributed by atoms with Crippen molar-refractivity contribution >= 4 is 41.9 Å². The predicted octanol–water partition coefficient (Wildman–Crippen LogP) is 0.854. The molecule has 2 aliphatic rings. The van der Waals surface area contributed by atoms with Gasteiger partial charge in [0.05, 0.1) is 19.6 Å². The Labute approximate surface area is 148 Å². The largest absolute Gasteiger partial charge is 0.357 e. The molecule has 3 amide bonds. The molecule has 8 heteroatoms. The number of amides is 3. The van der Waals surface area contributed by atoms with Crippen LogP contribution in [-0.2, 0) is 4.79 Å². The van der Waals surface area contributed by atoms with Crippen molar-refractivity contribution in [1.82, 2.24) is 20.4 Å². The van der Waals surface area contributed by atoms with Gasteiger partial charge in [0.2, 0.25) is 5.91 Å². The van der Waals surface area contributed by atoms with Crippen molar-refractivity contribution < 1.29 is 9.59 Å². The molecule has 0 aromatic rings. The number of piperidine rings is 1. The summed E-state index contributed by atoms with van der Waals surface area (Å²) >= 11 is 0. The number of rotatable bonds is 4. The Hall–Kier alpha value is -1.06. The van der Waals surface area contributed by atoms with E-state index in [4.69, 9.17) is 0 Å². The van der Waals surface area contributed by atoms with Gasteiger partial charge in [-0.15, -0.1) is 24.0 Å². The van der Waals surface area contributed by atoms with E-state index in [1.807, 2.05) is 6.92 Å². The molecular formula is C14H26IN5O2. The van der Waals surface area contributed by atoms with Crippen molar-refractivity contribution in [3.8, 4) is 0 Å². The van der Waals surface area contributed by atoms with Crippen LogP contribution in [0.3, 0.4) is 0 Å². The molecule has 0 aromatic carbocycles. The second kappa shape index (κ2) is 9.16. The van der Waals surface area contributed by atoms with Gasteiger partial charge < -0.3 is 15.5 Å². The second-order valence-electron chi connectivity index (χ2n) is 5.61. The number of imide groups is 1. The third-order valence-electron chi connectivity index (χ3n) is 3.94. The highest BCUT2D eigenvalue weighted by molar-refractivity contribution is 14.0. The van der Waals surface area contributed by atoms with Crippen LogP contribution in [0.25, 0.3) is 0 Å². The van der Waals surface area contributed by atoms with E-state index >= 15 is 0 Å². The average molecular weight is 423 g/mol. The maximum Gasteiger partial charge on any atom is 0.324 e. The number of nitrogens with zero attached hydrogens (tertiary/aromatic N) is 3. The molecule has 2 fully saturated rings. The van der Waals surface area contributed by atoms with Crippen LogP contribution in [0.4, 0.5) is 4.79 Å². The number of likely N-dealkylation sites (tertiary alicyclic amines) is 1. The molecule has 22 heavy (non-hydrogen) atoms. The lowest BCUT2D eigenvalue weighted by atomic mass is 10.00. The molecular weight excluding hydrogens is 397 g/mol. The summed E-state index contributed by atoms with van der Waals surface area (Å²) in [4.78, 5) is 31.0. The van der Waals surface area contributed by atoms with Crippen LogP contribution >= 0.6 is 24.0 Å². The second-order valence-corrected chi connectivity index (χ2v) is 5.61. The van der Waals surface area contributed by atoms with E-state index in [-0.39, 0.29) is 42.5 Å². The summed E-state index contributed by atoms with van der Waals surface area (Å²) in [5.74, 6) is 1.48. The normalized spacial score (nSPS) is 20.0. The Kier molecular flexibility index (Phi) is 7.91. The molecule has 2 rings (SSSR count). The first-order valence-electron chi connectivity index (χ1n) is 7.73. The summed E-state index contributed by atoms with van der Waals surface area (Å²) < 4.78 is 0. The van der Waals surface area contributed by atoms with Crippen molar-refractivity contribution in [3.63, 3.8) is 0 Å². The van der Waals surface area contributed by atoms with Gasteiger partial charge in [0.1, 0.15) is 0 Å². The minimum absolute atomic E-state index is 0. The zero-order valence-corrected chi connectivity index (χ0v) is 15.6. The van der Waals surface area contributed by atoms with Gasteiger partial charge in [0.25, 0.3) is 0 Å². The summed E-state index contributed by atoms with van der Waals surface area (Å²) in [5, 5.41) is 5.80. The summed E-state index contributed by atoms with van der Waals surface area (Å²) in [5.41, 5.74) is 0. The van der Waals surface area contributed by atoms with Gasteiger partial charge in [-0.25, -0.2) is 4.79 Å². The van der Waals surface area contributed by atoms with Crippen molar-refractivity contribution in [1.29, 1.82) is 0 Å². The molecule has 2 saturated heterocycles. The number of hydrogen-bond donors (Lipinski definition) is 2. The third-order valence-corrected chi connectivity index (χ3v) is 3.94. The fourth-order valence-electron chi connectivity index (χ4n) is 2.58. The van der Waals surface area contributed by atoms with E-state index < -0.39 is 0 Å². The molecule has 2 aliphatic heterocycles. The minimum Gasteiger partial charge on any atom is -0.357 e. The van der Waals surface area contributed by atoms with Crippen molar-refractivity contribution in [3.05, 3.63) is 0 Å². The number of carbonyl (C=O) groups excluding carboxylic acids is 2. The standard InChI is InChI=1S/C14H25N5O2.HI/c1-3-15-13(18-7-4-11(2)5-8-18)16-6-9-19-12(20)10-17-14(19)21;/h11H,3-10H2,1-2H3,(H,15,16)(H,17,21);1H. The smallest absolute Gasteiger partial charge is 0.324 e. The molecule has 0 spiro atoms. The van der Waals surface area contributed by atoms with Gasteiger partial charge in [-0.3, -0.25) is 14.7 Å². The molecule has 0 radical (unpaired) electrons. The number of urea groups is 1. The van der Waals surface area contributed by atoms with Crippen LogP contribution in [0.1, 0.15) is 26.7 Å². The monoisotopic (exact) mass is 423 g/mol. The maximum absolute atomic E-state index is 11.5. The quantitative estimate of drug-likeness (QED) is 0.304. The maximum atomic E-state index is 11.5. The van der Waals surface area contributed by atoms with Crippen LogP contribution < -0.4 is 10.6 Å². The van der Waals surface area contributed by atoms with E-state index in [0.717, 1.165) is 31.5 Å². The highest BCUT2D eigenvalue weighted by atomic mass is 127. The number of carbonyl (C=O) groups is 2. The van der Waals surface area contributed by atoms with Gasteiger partial charge >= 0.3 is 6.03 Å². The molecule has 0 unspecified atom stereocenters. The van der Waals surface area contributed by atoms with E-state index in [1.165, 1.54) is 17.7 Å². The van der Waals surface area contributed by atoms with Crippen LogP contribution in [-0.4, -0.2) is 67.0 Å². The molecule has 126 valence electrons. The van der Waals surface area contributed by atoms with Crippen LogP contribution in [0.5, 0.6) is 0 Å². The van der Waals surface area contributed by atoms with Crippen molar-refractivity contribution in [2.24, 2.45) is 10.9 Å². The van der Waals surface area contributed by atoms with Gasteiger partial charge in [-0.2, -0.15) is 0 Å². The lowest BCUT2D eigenvalue weighted by Gasteiger charge is -2.33. The Bertz CT molecular complexity index is 405. The fourth-order valence-corrected chi connectivity index (χ4v) is 2.58. The van der Waals surface area contributed by atoms with E-state index in [1.54, 1.807) is 0 Å². The van der Waals surface area contributed by atoms with Crippen LogP contribution in [0, 0.1) is 5.92 Å². The van der Waals surface area contributed by atoms with E-state index in [2.05, 4.69) is 27.4 Å². The first-order chi connectivity index (χ1) is 10.1. The summed E-state index contributed by atoms with van der Waals surface area (Å²) in [6.45, 7) is 8.03. The van der Waals surface area contributed by atoms with E-state index in [9.17, 15) is 9.59 Å². The van der Waals surface area contributed by atoms with Gasteiger partial charge in [0, 0.05) is 19.6 Å². The minimum atomic E-state index is -0.313. The summed E-state index contributed by atoms with van der Waals surface area (Å²) in [6.07, 6.45) is 2.36. The Morgan fingerprint density at radius 3 is 2.59 bits per heavy atom. The summed E-state index contributed by atoms with van der Waals surface area (Å²) in [7, 11) is 0. The number of hydrogen-bond acceptors (Lipinski definition) is 3. The van der Waals surface area contributed by atoms with Crippen molar-refractivity contribution in [2.75, 3.05) is 39.3 Å². The Morgan fingerprint density at radius 1 is 1.36 bits per heavy atom. The number of guanidine groups is 1.